The van der Waals surface area contributed by atoms with Gasteiger partial charge in [-0.05, 0) is 18.6 Å². The first-order valence-electron chi connectivity index (χ1n) is 10.6. The summed E-state index contributed by atoms with van der Waals surface area (Å²) in [6.45, 7) is 5.92. The van der Waals surface area contributed by atoms with E-state index in [-0.39, 0.29) is 11.5 Å². The summed E-state index contributed by atoms with van der Waals surface area (Å²) in [4.78, 5) is 0. The minimum Gasteiger partial charge on any atom is -0.429 e. The Labute approximate surface area is 188 Å². The molecule has 1 aliphatic rings. The number of hydrogen-bond donors (Lipinski definition) is 0. The van der Waals surface area contributed by atoms with Crippen LogP contribution in [0.5, 0.6) is 5.75 Å². The Morgan fingerprint density at radius 3 is 2.06 bits per heavy atom. The van der Waals surface area contributed by atoms with E-state index in [0.29, 0.717) is 37.5 Å². The topological polar surface area (TPSA) is 27.7 Å². The Balaban J connectivity index is 1.75. The van der Waals surface area contributed by atoms with Gasteiger partial charge in [-0.25, -0.2) is 17.6 Å². The van der Waals surface area contributed by atoms with Gasteiger partial charge in [0.05, 0.1) is 13.2 Å². The first-order chi connectivity index (χ1) is 15.7. The largest absolute Gasteiger partial charge is 0.432 e. The molecule has 0 spiro atoms. The zero-order valence-electron chi connectivity index (χ0n) is 18.0. The van der Waals surface area contributed by atoms with Crippen LogP contribution in [0.3, 0.4) is 0 Å². The lowest BCUT2D eigenvalue weighted by molar-refractivity contribution is -0.206. The number of benzene rings is 2. The molecule has 33 heavy (non-hydrogen) atoms. The average Bonchev–Trinajstić information content (AvgIpc) is 2.73. The Hall–Kier alpha value is -2.52. The van der Waals surface area contributed by atoms with E-state index in [4.69, 9.17) is 9.47 Å². The minimum absolute atomic E-state index is 0.107. The van der Waals surface area contributed by atoms with E-state index >= 15 is 0 Å². The summed E-state index contributed by atoms with van der Waals surface area (Å²) in [7, 11) is 0. The van der Waals surface area contributed by atoms with Crippen LogP contribution in [0.4, 0.5) is 26.3 Å². The van der Waals surface area contributed by atoms with Crippen molar-refractivity contribution >= 4 is 6.08 Å². The van der Waals surface area contributed by atoms with Crippen LogP contribution in [-0.4, -0.2) is 13.2 Å². The lowest BCUT2D eigenvalue weighted by Gasteiger charge is -2.30. The molecule has 1 heterocycles. The van der Waals surface area contributed by atoms with Crippen molar-refractivity contribution in [1.29, 1.82) is 0 Å². The highest BCUT2D eigenvalue weighted by molar-refractivity contribution is 5.50. The number of rotatable bonds is 9. The van der Waals surface area contributed by atoms with Crippen molar-refractivity contribution in [3.63, 3.8) is 0 Å². The molecule has 3 rings (SSSR count). The molecule has 3 nitrogen and oxygen atoms in total. The van der Waals surface area contributed by atoms with Gasteiger partial charge >= 0.3 is 6.11 Å². The maximum Gasteiger partial charge on any atom is 0.432 e. The quantitative estimate of drug-likeness (QED) is 0.283. The highest BCUT2D eigenvalue weighted by Gasteiger charge is 2.42. The minimum atomic E-state index is -4.56. The predicted molar refractivity (Wildman–Crippen MR) is 110 cm³/mol. The van der Waals surface area contributed by atoms with Crippen LogP contribution in [0.1, 0.15) is 55.6 Å². The normalized spacial score (nSPS) is 18.9. The van der Waals surface area contributed by atoms with Gasteiger partial charge in [0, 0.05) is 29.2 Å². The van der Waals surface area contributed by atoms with E-state index < -0.39 is 52.5 Å². The van der Waals surface area contributed by atoms with Crippen molar-refractivity contribution in [3.05, 3.63) is 70.8 Å². The van der Waals surface area contributed by atoms with E-state index in [2.05, 4.69) is 18.2 Å². The molecule has 0 unspecified atom stereocenters. The van der Waals surface area contributed by atoms with Gasteiger partial charge in [0.2, 0.25) is 0 Å². The molecule has 1 aliphatic heterocycles. The third kappa shape index (κ3) is 5.89. The van der Waals surface area contributed by atoms with E-state index in [1.807, 2.05) is 0 Å². The maximum absolute atomic E-state index is 14.6. The second-order valence-corrected chi connectivity index (χ2v) is 7.84. The van der Waals surface area contributed by atoms with Gasteiger partial charge < -0.3 is 14.2 Å². The Bertz CT molecular complexity index is 940. The van der Waals surface area contributed by atoms with Gasteiger partial charge in [-0.3, -0.25) is 0 Å². The van der Waals surface area contributed by atoms with Gasteiger partial charge in [0.15, 0.2) is 6.29 Å². The van der Waals surface area contributed by atoms with Crippen molar-refractivity contribution in [1.82, 2.24) is 0 Å². The van der Waals surface area contributed by atoms with Crippen molar-refractivity contribution < 1.29 is 40.6 Å². The van der Waals surface area contributed by atoms with Gasteiger partial charge in [0.1, 0.15) is 34.6 Å². The van der Waals surface area contributed by atoms with E-state index in [0.717, 1.165) is 31.8 Å². The maximum atomic E-state index is 14.6. The van der Waals surface area contributed by atoms with Crippen LogP contribution in [-0.2, 0) is 15.6 Å². The van der Waals surface area contributed by atoms with Crippen LogP contribution in [0.25, 0.3) is 6.08 Å². The fourth-order valence-electron chi connectivity index (χ4n) is 3.61. The second-order valence-electron chi connectivity index (χ2n) is 7.84. The molecule has 9 heteroatoms. The molecule has 0 radical (unpaired) electrons. The van der Waals surface area contributed by atoms with E-state index in [1.54, 1.807) is 0 Å². The lowest BCUT2D eigenvalue weighted by atomic mass is 10.0. The summed E-state index contributed by atoms with van der Waals surface area (Å²) in [5.41, 5.74) is -2.36. The molecule has 180 valence electrons. The summed E-state index contributed by atoms with van der Waals surface area (Å²) in [6, 6.07) is 2.27. The standard InChI is InChI=1S/C24H24F6O3/c1-3-5-6-7-14-12-31-23(32-13-14)15-8-20(27)22(21(28)9-15)24(29,30)33-16-10-18(25)17(4-2)19(26)11-16/h4,8-11,14,23H,2-3,5-7,12-13H2,1H3. The van der Waals surface area contributed by atoms with Crippen LogP contribution >= 0.6 is 0 Å². The molecule has 2 aromatic rings. The number of alkyl halides is 2. The third-order valence-corrected chi connectivity index (χ3v) is 5.31. The molecule has 0 aliphatic carbocycles. The van der Waals surface area contributed by atoms with Crippen molar-refractivity contribution in [2.75, 3.05) is 13.2 Å². The number of hydrogen-bond acceptors (Lipinski definition) is 3. The monoisotopic (exact) mass is 474 g/mol. The fraction of sp³-hybridized carbons (Fsp3) is 0.417. The van der Waals surface area contributed by atoms with Gasteiger partial charge in [0.25, 0.3) is 0 Å². The van der Waals surface area contributed by atoms with Crippen LogP contribution in [0.2, 0.25) is 0 Å². The molecular formula is C24H24F6O3. The van der Waals surface area contributed by atoms with E-state index in [9.17, 15) is 26.3 Å². The Morgan fingerprint density at radius 2 is 1.55 bits per heavy atom. The summed E-state index contributed by atoms with van der Waals surface area (Å²) in [5, 5.41) is 0. The van der Waals surface area contributed by atoms with Crippen molar-refractivity contribution in [2.24, 2.45) is 5.92 Å². The molecule has 2 aromatic carbocycles. The van der Waals surface area contributed by atoms with Crippen LogP contribution in [0.15, 0.2) is 30.8 Å². The molecule has 0 bridgehead atoms. The van der Waals surface area contributed by atoms with Crippen molar-refractivity contribution in [2.45, 2.75) is 45.0 Å². The van der Waals surface area contributed by atoms with Crippen molar-refractivity contribution in [3.8, 4) is 5.75 Å². The average molecular weight is 474 g/mol. The summed E-state index contributed by atoms with van der Waals surface area (Å²) in [6.07, 6.45) is -0.759. The molecular weight excluding hydrogens is 450 g/mol. The molecule has 0 N–H and O–H groups in total. The fourth-order valence-corrected chi connectivity index (χ4v) is 3.61. The van der Waals surface area contributed by atoms with Gasteiger partial charge in [-0.1, -0.05) is 38.8 Å². The first kappa shape index (κ1) is 25.1. The van der Waals surface area contributed by atoms with E-state index in [1.165, 1.54) is 0 Å². The van der Waals surface area contributed by atoms with Crippen LogP contribution in [0, 0.1) is 29.2 Å². The number of unbranched alkanes of at least 4 members (excludes halogenated alkanes) is 2. The van der Waals surface area contributed by atoms with Gasteiger partial charge in [-0.15, -0.1) is 0 Å². The molecule has 0 saturated carbocycles. The second kappa shape index (κ2) is 10.6. The first-order valence-corrected chi connectivity index (χ1v) is 10.6. The highest BCUT2D eigenvalue weighted by Crippen LogP contribution is 2.38. The molecule has 1 saturated heterocycles. The van der Waals surface area contributed by atoms with Gasteiger partial charge in [-0.2, -0.15) is 8.78 Å². The third-order valence-electron chi connectivity index (χ3n) is 5.31. The highest BCUT2D eigenvalue weighted by atomic mass is 19.3. The summed E-state index contributed by atoms with van der Waals surface area (Å²) < 4.78 is 101. The zero-order valence-corrected chi connectivity index (χ0v) is 18.0. The number of ether oxygens (including phenoxy) is 3. The molecule has 0 atom stereocenters. The molecule has 0 aromatic heterocycles. The number of halogens is 6. The van der Waals surface area contributed by atoms with Crippen LogP contribution < -0.4 is 4.74 Å². The molecule has 1 fully saturated rings. The zero-order chi connectivity index (χ0) is 24.2. The summed E-state index contributed by atoms with van der Waals surface area (Å²) in [5.74, 6) is -6.46. The molecule has 0 amide bonds. The lowest BCUT2D eigenvalue weighted by Crippen LogP contribution is -2.28. The Kier molecular flexibility index (Phi) is 8.07. The predicted octanol–water partition coefficient (Wildman–Crippen LogP) is 7.26. The summed E-state index contributed by atoms with van der Waals surface area (Å²) >= 11 is 0. The smallest absolute Gasteiger partial charge is 0.429 e. The Morgan fingerprint density at radius 1 is 0.970 bits per heavy atom. The SMILES string of the molecule is C=Cc1c(F)cc(OC(F)(F)c2c(F)cc(C3OCC(CCCCC)CO3)cc2F)cc1F.